The molecule has 1 amide bonds. The van der Waals surface area contributed by atoms with Gasteiger partial charge < -0.3 is 10.2 Å². The number of amides is 1. The second-order valence-electron chi connectivity index (χ2n) is 5.76. The van der Waals surface area contributed by atoms with E-state index in [0.717, 1.165) is 33.1 Å². The Kier molecular flexibility index (Phi) is 5.52. The smallest absolute Gasteiger partial charge is 0.326 e. The van der Waals surface area contributed by atoms with E-state index < -0.39 is 23.9 Å². The normalized spacial score (nSPS) is 16.9. The number of thiocarbonyl (C=S) groups is 1. The van der Waals surface area contributed by atoms with Gasteiger partial charge in [0.15, 0.2) is 0 Å². The van der Waals surface area contributed by atoms with Crippen LogP contribution in [0.4, 0.5) is 0 Å². The number of fused-ring (bicyclic) bond motifs is 1. The molecule has 1 unspecified atom stereocenters. The predicted molar refractivity (Wildman–Crippen MR) is 105 cm³/mol. The van der Waals surface area contributed by atoms with Crippen molar-refractivity contribution in [3.05, 3.63) is 47.0 Å². The number of thioether (sulfide) groups is 1. The zero-order valence-electron chi connectivity index (χ0n) is 13.9. The Morgan fingerprint density at radius 3 is 2.70 bits per heavy atom. The van der Waals surface area contributed by atoms with Crippen molar-refractivity contribution in [1.82, 2.24) is 9.88 Å². The zero-order chi connectivity index (χ0) is 19.6. The molecule has 1 aliphatic heterocycles. The fourth-order valence-corrected chi connectivity index (χ4v) is 4.10. The summed E-state index contributed by atoms with van der Waals surface area (Å²) in [6.45, 7) is 0. The van der Waals surface area contributed by atoms with Crippen LogP contribution in [0.3, 0.4) is 0 Å². The van der Waals surface area contributed by atoms with Crippen LogP contribution in [-0.2, 0) is 14.4 Å². The quantitative estimate of drug-likeness (QED) is 0.561. The van der Waals surface area contributed by atoms with Crippen LogP contribution in [0.15, 0.2) is 41.4 Å². The molecule has 138 valence electrons. The van der Waals surface area contributed by atoms with Gasteiger partial charge in [-0.3, -0.25) is 19.5 Å². The first kappa shape index (κ1) is 19.0. The van der Waals surface area contributed by atoms with Crippen molar-refractivity contribution >= 4 is 63.1 Å². The van der Waals surface area contributed by atoms with Crippen molar-refractivity contribution in [2.45, 2.75) is 18.9 Å². The molecule has 1 fully saturated rings. The van der Waals surface area contributed by atoms with Crippen LogP contribution < -0.4 is 0 Å². The van der Waals surface area contributed by atoms with E-state index in [4.69, 9.17) is 17.3 Å². The van der Waals surface area contributed by atoms with E-state index in [1.807, 2.05) is 24.3 Å². The van der Waals surface area contributed by atoms with Crippen molar-refractivity contribution in [2.24, 2.45) is 0 Å². The summed E-state index contributed by atoms with van der Waals surface area (Å²) in [5.41, 5.74) is 1.53. The fourth-order valence-electron chi connectivity index (χ4n) is 2.76. The number of pyridine rings is 1. The van der Waals surface area contributed by atoms with Crippen molar-refractivity contribution in [1.29, 1.82) is 0 Å². The summed E-state index contributed by atoms with van der Waals surface area (Å²) in [5, 5.41) is 19.1. The lowest BCUT2D eigenvalue weighted by molar-refractivity contribution is -0.146. The van der Waals surface area contributed by atoms with Gasteiger partial charge in [0.2, 0.25) is 0 Å². The average molecular weight is 402 g/mol. The third-order valence-electron chi connectivity index (χ3n) is 4.02. The molecule has 1 saturated heterocycles. The summed E-state index contributed by atoms with van der Waals surface area (Å²) in [5.74, 6) is -2.96. The minimum atomic E-state index is -1.31. The molecule has 3 rings (SSSR count). The van der Waals surface area contributed by atoms with E-state index in [9.17, 15) is 19.5 Å². The molecule has 7 nitrogen and oxygen atoms in total. The van der Waals surface area contributed by atoms with E-state index >= 15 is 0 Å². The number of aliphatic carboxylic acids is 2. The van der Waals surface area contributed by atoms with Crippen LogP contribution in [0, 0.1) is 0 Å². The largest absolute Gasteiger partial charge is 0.481 e. The molecule has 2 aromatic rings. The Labute approximate surface area is 163 Å². The highest BCUT2D eigenvalue weighted by atomic mass is 32.2. The highest BCUT2D eigenvalue weighted by Crippen LogP contribution is 2.35. The highest BCUT2D eigenvalue weighted by Gasteiger charge is 2.40. The molecule has 0 spiro atoms. The van der Waals surface area contributed by atoms with Crippen molar-refractivity contribution in [2.75, 3.05) is 0 Å². The number of para-hydroxylation sites is 1. The number of carboxylic acid groups (broad SMARTS) is 2. The molecule has 0 bridgehead atoms. The second-order valence-corrected chi connectivity index (χ2v) is 7.43. The second kappa shape index (κ2) is 7.85. The first-order chi connectivity index (χ1) is 12.9. The molecule has 2 N–H and O–H groups in total. The number of aromatic nitrogens is 1. The van der Waals surface area contributed by atoms with Crippen molar-refractivity contribution < 1.29 is 24.6 Å². The number of carboxylic acids is 2. The monoisotopic (exact) mass is 402 g/mol. The molecule has 0 saturated carbocycles. The van der Waals surface area contributed by atoms with Gasteiger partial charge in [-0.05, 0) is 30.2 Å². The van der Waals surface area contributed by atoms with E-state index in [2.05, 4.69) is 4.98 Å². The minimum Gasteiger partial charge on any atom is -0.481 e. The number of carbonyl (C=O) groups is 3. The van der Waals surface area contributed by atoms with Crippen molar-refractivity contribution in [3.8, 4) is 0 Å². The van der Waals surface area contributed by atoms with Gasteiger partial charge in [0, 0.05) is 18.0 Å². The van der Waals surface area contributed by atoms with Crippen LogP contribution in [-0.4, -0.2) is 48.3 Å². The molecule has 27 heavy (non-hydrogen) atoms. The summed E-state index contributed by atoms with van der Waals surface area (Å²) in [6.07, 6.45) is 2.69. The highest BCUT2D eigenvalue weighted by molar-refractivity contribution is 8.26. The number of rotatable bonds is 6. The number of hydrogen-bond donors (Lipinski definition) is 2. The van der Waals surface area contributed by atoms with Gasteiger partial charge in [-0.15, -0.1) is 0 Å². The Morgan fingerprint density at radius 2 is 2.00 bits per heavy atom. The Hall–Kier alpha value is -2.78. The SMILES string of the molecule is O=C(O)CCC(C(=O)O)N1C(=O)C(=Cc2ccnc3ccccc23)SC1=S. The van der Waals surface area contributed by atoms with E-state index in [-0.39, 0.29) is 22.1 Å². The van der Waals surface area contributed by atoms with Gasteiger partial charge in [0.1, 0.15) is 10.4 Å². The predicted octanol–water partition coefficient (Wildman–Crippen LogP) is 2.75. The molecule has 1 aromatic heterocycles. The number of hydrogen-bond acceptors (Lipinski definition) is 6. The summed E-state index contributed by atoms with van der Waals surface area (Å²) in [6, 6.07) is 7.89. The number of benzene rings is 1. The third kappa shape index (κ3) is 3.99. The van der Waals surface area contributed by atoms with Gasteiger partial charge >= 0.3 is 11.9 Å². The molecule has 1 aromatic carbocycles. The maximum atomic E-state index is 12.8. The summed E-state index contributed by atoms with van der Waals surface area (Å²) in [7, 11) is 0. The maximum absolute atomic E-state index is 12.8. The van der Waals surface area contributed by atoms with E-state index in [0.29, 0.717) is 0 Å². The molecule has 1 aliphatic rings. The topological polar surface area (TPSA) is 108 Å². The van der Waals surface area contributed by atoms with Crippen molar-refractivity contribution in [3.63, 3.8) is 0 Å². The molecule has 2 heterocycles. The lowest BCUT2D eigenvalue weighted by atomic mass is 10.1. The Bertz CT molecular complexity index is 983. The molecule has 9 heteroatoms. The van der Waals surface area contributed by atoms with Crippen LogP contribution in [0.1, 0.15) is 18.4 Å². The number of nitrogens with zero attached hydrogens (tertiary/aromatic N) is 2. The van der Waals surface area contributed by atoms with Crippen LogP contribution in [0.25, 0.3) is 17.0 Å². The van der Waals surface area contributed by atoms with Crippen LogP contribution in [0.2, 0.25) is 0 Å². The fraction of sp³-hybridized carbons (Fsp3) is 0.167. The Balaban J connectivity index is 1.94. The average Bonchev–Trinajstić information content (AvgIpc) is 2.89. The standard InChI is InChI=1S/C18H14N2O5S2/c21-15(22)6-5-13(17(24)25)20-16(23)14(27-18(20)26)9-10-7-8-19-12-4-2-1-3-11(10)12/h1-4,7-9,13H,5-6H2,(H,21,22)(H,24,25). The van der Waals surface area contributed by atoms with E-state index in [1.165, 1.54) is 0 Å². The summed E-state index contributed by atoms with van der Waals surface area (Å²) >= 11 is 6.19. The summed E-state index contributed by atoms with van der Waals surface area (Å²) < 4.78 is 0.0994. The minimum absolute atomic E-state index is 0.0994. The molecular weight excluding hydrogens is 388 g/mol. The molecule has 1 atom stereocenters. The first-order valence-corrected chi connectivity index (χ1v) is 9.16. The lowest BCUT2D eigenvalue weighted by Gasteiger charge is -2.22. The Morgan fingerprint density at radius 1 is 1.26 bits per heavy atom. The summed E-state index contributed by atoms with van der Waals surface area (Å²) in [4.78, 5) is 40.6. The van der Waals surface area contributed by atoms with Gasteiger partial charge in [0.25, 0.3) is 5.91 Å². The van der Waals surface area contributed by atoms with Gasteiger partial charge in [-0.2, -0.15) is 0 Å². The van der Waals surface area contributed by atoms with Gasteiger partial charge in [-0.1, -0.05) is 42.2 Å². The molecule has 0 radical (unpaired) electrons. The first-order valence-electron chi connectivity index (χ1n) is 7.94. The molecule has 0 aliphatic carbocycles. The van der Waals surface area contributed by atoms with Gasteiger partial charge in [-0.25, -0.2) is 4.79 Å². The van der Waals surface area contributed by atoms with Gasteiger partial charge in [0.05, 0.1) is 10.4 Å². The maximum Gasteiger partial charge on any atom is 0.326 e. The third-order valence-corrected chi connectivity index (χ3v) is 5.35. The zero-order valence-corrected chi connectivity index (χ0v) is 15.5. The molecular formula is C18H14N2O5S2. The lowest BCUT2D eigenvalue weighted by Crippen LogP contribution is -2.44. The van der Waals surface area contributed by atoms with Crippen LogP contribution in [0.5, 0.6) is 0 Å². The van der Waals surface area contributed by atoms with E-state index in [1.54, 1.807) is 18.3 Å². The van der Waals surface area contributed by atoms with Crippen LogP contribution >= 0.6 is 24.0 Å². The number of carbonyl (C=O) groups excluding carboxylic acids is 1.